The van der Waals surface area contributed by atoms with Crippen LogP contribution in [-0.4, -0.2) is 9.97 Å². The van der Waals surface area contributed by atoms with Crippen molar-refractivity contribution in [2.75, 3.05) is 5.73 Å². The summed E-state index contributed by atoms with van der Waals surface area (Å²) in [6, 6.07) is 13.5. The van der Waals surface area contributed by atoms with Crippen molar-refractivity contribution in [1.29, 1.82) is 0 Å². The molecule has 3 aromatic rings. The zero-order valence-corrected chi connectivity index (χ0v) is 13.4. The first-order valence-electron chi connectivity index (χ1n) is 6.05. The first-order chi connectivity index (χ1) is 10.1. The second-order valence-corrected chi connectivity index (χ2v) is 5.59. The van der Waals surface area contributed by atoms with Gasteiger partial charge in [-0.3, -0.25) is 0 Å². The van der Waals surface area contributed by atoms with Crippen molar-refractivity contribution in [3.63, 3.8) is 0 Å². The van der Waals surface area contributed by atoms with E-state index in [0.717, 1.165) is 10.6 Å². The molecule has 2 aromatic heterocycles. The molecular formula is C15H13BrFN3S. The number of nitrogens with zero attached hydrogens (tertiary/aromatic N) is 1. The fraction of sp³-hybridized carbons (Fsp3) is 0. The third-order valence-electron chi connectivity index (χ3n) is 2.59. The predicted octanol–water partition coefficient (Wildman–Crippen LogP) is 4.54. The number of halogens is 2. The van der Waals surface area contributed by atoms with Crippen LogP contribution in [0.4, 0.5) is 10.2 Å². The first-order valence-corrected chi connectivity index (χ1v) is 7.29. The third-order valence-corrected chi connectivity index (χ3v) is 3.28. The molecule has 0 atom stereocenters. The van der Waals surface area contributed by atoms with Gasteiger partial charge in [0.05, 0.1) is 0 Å². The molecule has 3 nitrogen and oxygen atoms in total. The van der Waals surface area contributed by atoms with Gasteiger partial charge in [0.2, 0.25) is 0 Å². The van der Waals surface area contributed by atoms with Crippen molar-refractivity contribution >= 4 is 34.4 Å². The second-order valence-electron chi connectivity index (χ2n) is 4.16. The quantitative estimate of drug-likeness (QED) is 0.554. The highest BCUT2D eigenvalue weighted by molar-refractivity contribution is 9.10. The van der Waals surface area contributed by atoms with E-state index in [1.165, 1.54) is 17.8 Å². The van der Waals surface area contributed by atoms with Gasteiger partial charge in [0, 0.05) is 27.5 Å². The monoisotopic (exact) mass is 365 g/mol. The first kappa shape index (κ1) is 15.6. The number of thiol groups is 1. The van der Waals surface area contributed by atoms with Gasteiger partial charge in [-0.2, -0.15) is 0 Å². The lowest BCUT2D eigenvalue weighted by atomic mass is 10.2. The molecule has 108 valence electrons. The summed E-state index contributed by atoms with van der Waals surface area (Å²) in [6.45, 7) is 0. The van der Waals surface area contributed by atoms with E-state index in [-0.39, 0.29) is 5.82 Å². The molecule has 0 amide bonds. The summed E-state index contributed by atoms with van der Waals surface area (Å²) in [7, 11) is 0. The van der Waals surface area contributed by atoms with E-state index in [2.05, 4.69) is 50.7 Å². The van der Waals surface area contributed by atoms with Gasteiger partial charge in [-0.15, -0.1) is 12.6 Å². The van der Waals surface area contributed by atoms with Gasteiger partial charge in [0.1, 0.15) is 0 Å². The van der Waals surface area contributed by atoms with E-state index in [1.807, 2.05) is 30.5 Å². The Hall–Kier alpha value is -1.79. The smallest absolute Gasteiger partial charge is 0.166 e. The number of aromatic nitrogens is 2. The topological polar surface area (TPSA) is 54.7 Å². The summed E-state index contributed by atoms with van der Waals surface area (Å²) in [5, 5.41) is 0. The van der Waals surface area contributed by atoms with Gasteiger partial charge in [0.25, 0.3) is 0 Å². The van der Waals surface area contributed by atoms with Crippen LogP contribution in [0.3, 0.4) is 0 Å². The summed E-state index contributed by atoms with van der Waals surface area (Å²) < 4.78 is 13.0. The van der Waals surface area contributed by atoms with Crippen LogP contribution in [0.25, 0.3) is 11.3 Å². The molecule has 0 spiro atoms. The lowest BCUT2D eigenvalue weighted by Crippen LogP contribution is -1.92. The van der Waals surface area contributed by atoms with E-state index in [1.54, 1.807) is 0 Å². The van der Waals surface area contributed by atoms with Gasteiger partial charge < -0.3 is 10.7 Å². The van der Waals surface area contributed by atoms with Crippen LogP contribution in [0.1, 0.15) is 0 Å². The van der Waals surface area contributed by atoms with Crippen LogP contribution in [0, 0.1) is 5.82 Å². The molecule has 6 heteroatoms. The highest BCUT2D eigenvalue weighted by Crippen LogP contribution is 2.19. The average molecular weight is 366 g/mol. The number of hydrogen-bond acceptors (Lipinski definition) is 3. The van der Waals surface area contributed by atoms with Crippen LogP contribution in [0.15, 0.2) is 64.2 Å². The Bertz CT molecular complexity index is 716. The fourth-order valence-electron chi connectivity index (χ4n) is 1.59. The Morgan fingerprint density at radius 2 is 1.90 bits per heavy atom. The van der Waals surface area contributed by atoms with E-state index in [9.17, 15) is 4.39 Å². The minimum atomic E-state index is -0.496. The largest absolute Gasteiger partial charge is 0.381 e. The van der Waals surface area contributed by atoms with E-state index < -0.39 is 5.82 Å². The number of H-pyrrole nitrogens is 1. The highest BCUT2D eigenvalue weighted by atomic mass is 79.9. The number of nitrogen functional groups attached to an aromatic ring is 1. The van der Waals surface area contributed by atoms with Gasteiger partial charge in [0.15, 0.2) is 11.6 Å². The Morgan fingerprint density at radius 1 is 1.19 bits per heavy atom. The van der Waals surface area contributed by atoms with Crippen molar-refractivity contribution in [1.82, 2.24) is 9.97 Å². The number of anilines is 1. The minimum absolute atomic E-state index is 0.0711. The molecule has 0 radical (unpaired) electrons. The van der Waals surface area contributed by atoms with Gasteiger partial charge in [-0.05, 0) is 33.6 Å². The number of pyridine rings is 1. The standard InChI is InChI=1S/C10H9NS.C5H4BrFN2/c12-9-6-10(11-7-9)8-4-2-1-3-5-8;6-3-1-4(7)5(8)9-2-3/h1-7,11-12H;1-2H,(H2,8,9). The SMILES string of the molecule is Nc1ncc(Br)cc1F.Sc1c[nH]c(-c2ccccc2)c1. The summed E-state index contributed by atoms with van der Waals surface area (Å²) in [4.78, 5) is 7.65. The van der Waals surface area contributed by atoms with E-state index in [0.29, 0.717) is 4.47 Å². The Morgan fingerprint density at radius 3 is 2.43 bits per heavy atom. The van der Waals surface area contributed by atoms with E-state index in [4.69, 9.17) is 5.73 Å². The normalized spacial score (nSPS) is 9.86. The van der Waals surface area contributed by atoms with Crippen molar-refractivity contribution < 1.29 is 4.39 Å². The number of nitrogens with one attached hydrogen (secondary N) is 1. The fourth-order valence-corrected chi connectivity index (χ4v) is 2.09. The molecule has 0 unspecified atom stereocenters. The molecule has 21 heavy (non-hydrogen) atoms. The third kappa shape index (κ3) is 4.61. The molecule has 3 rings (SSSR count). The Labute approximate surface area is 136 Å². The average Bonchev–Trinajstić information content (AvgIpc) is 2.92. The number of aromatic amines is 1. The molecule has 0 saturated heterocycles. The number of benzene rings is 1. The maximum absolute atomic E-state index is 12.4. The molecule has 0 aliphatic heterocycles. The van der Waals surface area contributed by atoms with Crippen LogP contribution >= 0.6 is 28.6 Å². The summed E-state index contributed by atoms with van der Waals surface area (Å²) in [6.07, 6.45) is 3.32. The molecular weight excluding hydrogens is 353 g/mol. The van der Waals surface area contributed by atoms with Crippen molar-refractivity contribution in [2.24, 2.45) is 0 Å². The zero-order chi connectivity index (χ0) is 15.2. The maximum Gasteiger partial charge on any atom is 0.166 e. The van der Waals surface area contributed by atoms with E-state index >= 15 is 0 Å². The van der Waals surface area contributed by atoms with Crippen LogP contribution in [0.5, 0.6) is 0 Å². The summed E-state index contributed by atoms with van der Waals surface area (Å²) in [5.41, 5.74) is 7.39. The molecule has 3 N–H and O–H groups in total. The van der Waals surface area contributed by atoms with Gasteiger partial charge >= 0.3 is 0 Å². The molecule has 1 aromatic carbocycles. The second kappa shape index (κ2) is 7.28. The van der Waals surface area contributed by atoms with Crippen LogP contribution in [0.2, 0.25) is 0 Å². The predicted molar refractivity (Wildman–Crippen MR) is 89.8 cm³/mol. The summed E-state index contributed by atoms with van der Waals surface area (Å²) in [5.74, 6) is -0.567. The van der Waals surface area contributed by atoms with Crippen molar-refractivity contribution in [2.45, 2.75) is 4.90 Å². The molecule has 0 fully saturated rings. The van der Waals surface area contributed by atoms with Gasteiger partial charge in [-0.25, -0.2) is 9.37 Å². The molecule has 2 heterocycles. The van der Waals surface area contributed by atoms with Crippen LogP contribution in [-0.2, 0) is 0 Å². The summed E-state index contributed by atoms with van der Waals surface area (Å²) >= 11 is 7.26. The lowest BCUT2D eigenvalue weighted by molar-refractivity contribution is 0.626. The number of hydrogen-bond donors (Lipinski definition) is 3. The Kier molecular flexibility index (Phi) is 5.41. The minimum Gasteiger partial charge on any atom is -0.381 e. The number of rotatable bonds is 1. The van der Waals surface area contributed by atoms with Crippen LogP contribution < -0.4 is 5.73 Å². The number of nitrogens with two attached hydrogens (primary N) is 1. The molecule has 0 bridgehead atoms. The molecule has 0 saturated carbocycles. The van der Waals surface area contributed by atoms with Crippen molar-refractivity contribution in [3.8, 4) is 11.3 Å². The van der Waals surface area contributed by atoms with Gasteiger partial charge in [-0.1, -0.05) is 30.3 Å². The zero-order valence-electron chi connectivity index (χ0n) is 10.9. The Balaban J connectivity index is 0.000000161. The maximum atomic E-state index is 12.4. The molecule has 0 aliphatic carbocycles. The molecule has 0 aliphatic rings. The highest BCUT2D eigenvalue weighted by Gasteiger charge is 1.97. The lowest BCUT2D eigenvalue weighted by Gasteiger charge is -1.94. The van der Waals surface area contributed by atoms with Crippen molar-refractivity contribution in [3.05, 3.63) is 65.1 Å².